The Balaban J connectivity index is 1.14. The molecule has 2 saturated heterocycles. The average molecular weight is 431 g/mol. The second kappa shape index (κ2) is 9.37. The summed E-state index contributed by atoms with van der Waals surface area (Å²) >= 11 is 0. The molecular weight excluding hydrogens is 396 g/mol. The molecule has 5 heteroatoms. The van der Waals surface area contributed by atoms with Crippen molar-refractivity contribution in [2.45, 2.75) is 32.9 Å². The number of piperidine rings is 1. The lowest BCUT2D eigenvalue weighted by atomic mass is 9.94. The summed E-state index contributed by atoms with van der Waals surface area (Å²) in [6, 6.07) is 19.2. The minimum Gasteiger partial charge on any atom is -0.368 e. The van der Waals surface area contributed by atoms with E-state index in [9.17, 15) is 4.79 Å². The molecule has 0 atom stereocenters. The van der Waals surface area contributed by atoms with Gasteiger partial charge in [-0.3, -0.25) is 9.69 Å². The van der Waals surface area contributed by atoms with Crippen LogP contribution in [0.25, 0.3) is 10.9 Å². The summed E-state index contributed by atoms with van der Waals surface area (Å²) in [5.41, 5.74) is 3.99. The summed E-state index contributed by atoms with van der Waals surface area (Å²) in [5, 5.41) is 1.36. The van der Waals surface area contributed by atoms with E-state index in [1.807, 2.05) is 0 Å². The van der Waals surface area contributed by atoms with Crippen LogP contribution in [0.2, 0.25) is 0 Å². The van der Waals surface area contributed by atoms with Gasteiger partial charge >= 0.3 is 0 Å². The van der Waals surface area contributed by atoms with Crippen LogP contribution in [-0.2, 0) is 17.9 Å². The van der Waals surface area contributed by atoms with E-state index < -0.39 is 0 Å². The molecular formula is C27H34N4O. The van der Waals surface area contributed by atoms with Crippen LogP contribution in [0.5, 0.6) is 0 Å². The van der Waals surface area contributed by atoms with Gasteiger partial charge in [0.05, 0.1) is 0 Å². The Bertz CT molecular complexity index is 1040. The van der Waals surface area contributed by atoms with Gasteiger partial charge in [-0.05, 0) is 56.6 Å². The van der Waals surface area contributed by atoms with Crippen LogP contribution in [0.4, 0.5) is 5.69 Å². The number of para-hydroxylation sites is 2. The molecule has 3 aromatic rings. The number of nitrogens with zero attached hydrogens (tertiary/aromatic N) is 4. The van der Waals surface area contributed by atoms with Crippen molar-refractivity contribution in [3.63, 3.8) is 0 Å². The lowest BCUT2D eigenvalue weighted by Gasteiger charge is -2.39. The minimum absolute atomic E-state index is 0.187. The Morgan fingerprint density at radius 1 is 0.875 bits per heavy atom. The standard InChI is InChI=1S/C27H34N4O/c1-2-29-21-23(25-10-6-7-11-26(25)29)20-28-14-12-22(13-15-28)27(32)31-18-16-30(17-19-31)24-8-4-3-5-9-24/h3-11,21-22H,2,12-20H2,1H3. The Labute approximate surface area is 191 Å². The van der Waals surface area contributed by atoms with Crippen molar-refractivity contribution in [3.8, 4) is 0 Å². The van der Waals surface area contributed by atoms with Gasteiger partial charge in [-0.15, -0.1) is 0 Å². The number of carbonyl (C=O) groups is 1. The molecule has 32 heavy (non-hydrogen) atoms. The van der Waals surface area contributed by atoms with Crippen LogP contribution in [0, 0.1) is 5.92 Å². The molecule has 0 bridgehead atoms. The van der Waals surface area contributed by atoms with Crippen molar-refractivity contribution < 1.29 is 4.79 Å². The number of aryl methyl sites for hydroxylation is 1. The summed E-state index contributed by atoms with van der Waals surface area (Å²) in [4.78, 5) is 20.2. The maximum absolute atomic E-state index is 13.2. The minimum atomic E-state index is 0.187. The van der Waals surface area contributed by atoms with Crippen molar-refractivity contribution in [1.29, 1.82) is 0 Å². The van der Waals surface area contributed by atoms with E-state index >= 15 is 0 Å². The highest BCUT2D eigenvalue weighted by Crippen LogP contribution is 2.26. The van der Waals surface area contributed by atoms with Gasteiger partial charge in [-0.25, -0.2) is 0 Å². The molecule has 3 heterocycles. The molecule has 0 saturated carbocycles. The van der Waals surface area contributed by atoms with Crippen LogP contribution in [0.3, 0.4) is 0 Å². The number of aromatic nitrogens is 1. The Hall–Kier alpha value is -2.79. The van der Waals surface area contributed by atoms with Crippen LogP contribution < -0.4 is 4.90 Å². The second-order valence-electron chi connectivity index (χ2n) is 9.16. The third-order valence-electron chi connectivity index (χ3n) is 7.26. The van der Waals surface area contributed by atoms with Gasteiger partial charge in [-0.1, -0.05) is 36.4 Å². The predicted octanol–water partition coefficient (Wildman–Crippen LogP) is 4.22. The van der Waals surface area contributed by atoms with Gasteiger partial charge in [0.2, 0.25) is 5.91 Å². The number of anilines is 1. The zero-order chi connectivity index (χ0) is 21.9. The van der Waals surface area contributed by atoms with Crippen molar-refractivity contribution >= 4 is 22.5 Å². The highest BCUT2D eigenvalue weighted by Gasteiger charge is 2.30. The summed E-state index contributed by atoms with van der Waals surface area (Å²) in [6.45, 7) is 9.71. The third-order valence-corrected chi connectivity index (χ3v) is 7.26. The molecule has 5 rings (SSSR count). The van der Waals surface area contributed by atoms with E-state index in [2.05, 4.69) is 87.0 Å². The number of rotatable bonds is 5. The van der Waals surface area contributed by atoms with Gasteiger partial charge in [0.25, 0.3) is 0 Å². The lowest BCUT2D eigenvalue weighted by Crippen LogP contribution is -2.51. The molecule has 2 aliphatic rings. The molecule has 2 aliphatic heterocycles. The van der Waals surface area contributed by atoms with Gasteiger partial charge in [0, 0.05) is 68.0 Å². The monoisotopic (exact) mass is 430 g/mol. The molecule has 1 aromatic heterocycles. The van der Waals surface area contributed by atoms with Crippen LogP contribution in [0.15, 0.2) is 60.8 Å². The number of piperazine rings is 1. The van der Waals surface area contributed by atoms with E-state index in [-0.39, 0.29) is 5.92 Å². The average Bonchev–Trinajstić information content (AvgIpc) is 3.22. The molecule has 2 aromatic carbocycles. The molecule has 0 unspecified atom stereocenters. The zero-order valence-corrected chi connectivity index (χ0v) is 19.1. The SMILES string of the molecule is CCn1cc(CN2CCC(C(=O)N3CCN(c4ccccc4)CC3)CC2)c2ccccc21. The molecule has 0 aliphatic carbocycles. The Morgan fingerprint density at radius 3 is 2.28 bits per heavy atom. The summed E-state index contributed by atoms with van der Waals surface area (Å²) in [5.74, 6) is 0.562. The van der Waals surface area contributed by atoms with Crippen molar-refractivity contribution in [1.82, 2.24) is 14.4 Å². The first-order valence-corrected chi connectivity index (χ1v) is 12.1. The maximum atomic E-state index is 13.2. The molecule has 5 nitrogen and oxygen atoms in total. The molecule has 0 radical (unpaired) electrons. The fraction of sp³-hybridized carbons (Fsp3) is 0.444. The topological polar surface area (TPSA) is 31.7 Å². The largest absolute Gasteiger partial charge is 0.368 e. The molecule has 0 N–H and O–H groups in total. The molecule has 1 amide bonds. The molecule has 2 fully saturated rings. The quantitative estimate of drug-likeness (QED) is 0.607. The summed E-state index contributed by atoms with van der Waals surface area (Å²) in [7, 11) is 0. The van der Waals surface area contributed by atoms with Gasteiger partial charge in [-0.2, -0.15) is 0 Å². The maximum Gasteiger partial charge on any atom is 0.225 e. The third kappa shape index (κ3) is 4.26. The number of hydrogen-bond acceptors (Lipinski definition) is 3. The summed E-state index contributed by atoms with van der Waals surface area (Å²) in [6.07, 6.45) is 4.27. The van der Waals surface area contributed by atoms with E-state index in [4.69, 9.17) is 0 Å². The number of likely N-dealkylation sites (tertiary alicyclic amines) is 1. The highest BCUT2D eigenvalue weighted by molar-refractivity contribution is 5.84. The van der Waals surface area contributed by atoms with Gasteiger partial charge in [0.1, 0.15) is 0 Å². The van der Waals surface area contributed by atoms with Crippen LogP contribution >= 0.6 is 0 Å². The van der Waals surface area contributed by atoms with E-state index in [1.54, 1.807) is 0 Å². The number of fused-ring (bicyclic) bond motifs is 1. The molecule has 168 valence electrons. The first-order valence-electron chi connectivity index (χ1n) is 12.1. The van der Waals surface area contributed by atoms with E-state index in [0.29, 0.717) is 5.91 Å². The smallest absolute Gasteiger partial charge is 0.225 e. The predicted molar refractivity (Wildman–Crippen MR) is 131 cm³/mol. The van der Waals surface area contributed by atoms with Gasteiger partial charge in [0.15, 0.2) is 0 Å². The number of hydrogen-bond donors (Lipinski definition) is 0. The number of benzene rings is 2. The van der Waals surface area contributed by atoms with Crippen LogP contribution in [-0.4, -0.2) is 59.5 Å². The van der Waals surface area contributed by atoms with E-state index in [1.165, 1.54) is 22.2 Å². The fourth-order valence-corrected chi connectivity index (χ4v) is 5.37. The lowest BCUT2D eigenvalue weighted by molar-refractivity contribution is -0.137. The fourth-order valence-electron chi connectivity index (χ4n) is 5.37. The molecule has 0 spiro atoms. The van der Waals surface area contributed by atoms with Crippen molar-refractivity contribution in [3.05, 3.63) is 66.4 Å². The number of carbonyl (C=O) groups excluding carboxylic acids is 1. The Kier molecular flexibility index (Phi) is 6.17. The zero-order valence-electron chi connectivity index (χ0n) is 19.1. The van der Waals surface area contributed by atoms with E-state index in [0.717, 1.165) is 65.2 Å². The van der Waals surface area contributed by atoms with Gasteiger partial charge < -0.3 is 14.4 Å². The first kappa shape index (κ1) is 21.1. The highest BCUT2D eigenvalue weighted by atomic mass is 16.2. The van der Waals surface area contributed by atoms with Crippen molar-refractivity contribution in [2.24, 2.45) is 5.92 Å². The first-order chi connectivity index (χ1) is 15.7. The number of amides is 1. The Morgan fingerprint density at radius 2 is 1.56 bits per heavy atom. The second-order valence-corrected chi connectivity index (χ2v) is 9.16. The van der Waals surface area contributed by atoms with Crippen molar-refractivity contribution in [2.75, 3.05) is 44.2 Å². The normalized spacial score (nSPS) is 18.4. The van der Waals surface area contributed by atoms with Crippen LogP contribution in [0.1, 0.15) is 25.3 Å². The summed E-state index contributed by atoms with van der Waals surface area (Å²) < 4.78 is 2.34.